The summed E-state index contributed by atoms with van der Waals surface area (Å²) in [6.45, 7) is 7.01. The molecule has 1 rings (SSSR count). The van der Waals surface area contributed by atoms with Crippen LogP contribution in [-0.2, 0) is 0 Å². The highest BCUT2D eigenvalue weighted by Gasteiger charge is 2.08. The van der Waals surface area contributed by atoms with Gasteiger partial charge >= 0.3 is 0 Å². The summed E-state index contributed by atoms with van der Waals surface area (Å²) in [5.41, 5.74) is 1.40. The molecule has 0 fully saturated rings. The van der Waals surface area contributed by atoms with E-state index in [4.69, 9.17) is 0 Å². The summed E-state index contributed by atoms with van der Waals surface area (Å²) in [6, 6.07) is 11.2. The standard InChI is InChI=1S/C15H23N/c1-3-5-12-15(16-13-6-4-2)14-10-8-7-9-11-14/h4,7-11,15-16H,2-3,5-6,12-13H2,1H3. The van der Waals surface area contributed by atoms with Gasteiger partial charge in [0.05, 0.1) is 0 Å². The number of rotatable bonds is 8. The maximum Gasteiger partial charge on any atom is 0.0320 e. The Morgan fingerprint density at radius 1 is 1.31 bits per heavy atom. The molecule has 1 aromatic carbocycles. The van der Waals surface area contributed by atoms with Gasteiger partial charge in [-0.15, -0.1) is 6.58 Å². The third-order valence-corrected chi connectivity index (χ3v) is 2.79. The summed E-state index contributed by atoms with van der Waals surface area (Å²) in [4.78, 5) is 0. The van der Waals surface area contributed by atoms with E-state index in [1.165, 1.54) is 24.8 Å². The quantitative estimate of drug-likeness (QED) is 0.511. The topological polar surface area (TPSA) is 12.0 Å². The van der Waals surface area contributed by atoms with Crippen LogP contribution in [0, 0.1) is 0 Å². The predicted molar refractivity (Wildman–Crippen MR) is 71.5 cm³/mol. The molecule has 0 saturated carbocycles. The maximum atomic E-state index is 3.75. The van der Waals surface area contributed by atoms with Crippen molar-refractivity contribution in [1.29, 1.82) is 0 Å². The number of hydrogen-bond donors (Lipinski definition) is 1. The van der Waals surface area contributed by atoms with Gasteiger partial charge in [-0.3, -0.25) is 0 Å². The van der Waals surface area contributed by atoms with Gasteiger partial charge in [0.1, 0.15) is 0 Å². The van der Waals surface area contributed by atoms with Crippen molar-refractivity contribution in [1.82, 2.24) is 5.32 Å². The molecule has 0 saturated heterocycles. The number of benzene rings is 1. The van der Waals surface area contributed by atoms with Gasteiger partial charge in [-0.2, -0.15) is 0 Å². The Morgan fingerprint density at radius 2 is 2.06 bits per heavy atom. The highest BCUT2D eigenvalue weighted by atomic mass is 14.9. The van der Waals surface area contributed by atoms with E-state index in [0.29, 0.717) is 6.04 Å². The fourth-order valence-corrected chi connectivity index (χ4v) is 1.84. The van der Waals surface area contributed by atoms with E-state index in [9.17, 15) is 0 Å². The zero-order valence-electron chi connectivity index (χ0n) is 10.3. The molecule has 1 nitrogen and oxygen atoms in total. The van der Waals surface area contributed by atoms with Crippen LogP contribution in [0.2, 0.25) is 0 Å². The molecule has 1 aromatic rings. The Hall–Kier alpha value is -1.08. The fourth-order valence-electron chi connectivity index (χ4n) is 1.84. The molecule has 1 heteroatoms. The van der Waals surface area contributed by atoms with Crippen LogP contribution in [0.15, 0.2) is 43.0 Å². The lowest BCUT2D eigenvalue weighted by molar-refractivity contribution is 0.486. The van der Waals surface area contributed by atoms with Crippen LogP contribution in [0.5, 0.6) is 0 Å². The van der Waals surface area contributed by atoms with E-state index in [1.807, 2.05) is 6.08 Å². The molecule has 0 heterocycles. The van der Waals surface area contributed by atoms with Crippen molar-refractivity contribution >= 4 is 0 Å². The highest BCUT2D eigenvalue weighted by Crippen LogP contribution is 2.18. The largest absolute Gasteiger partial charge is 0.310 e. The van der Waals surface area contributed by atoms with E-state index in [1.54, 1.807) is 0 Å². The van der Waals surface area contributed by atoms with Crippen LogP contribution in [0.3, 0.4) is 0 Å². The van der Waals surface area contributed by atoms with E-state index >= 15 is 0 Å². The van der Waals surface area contributed by atoms with Gasteiger partial charge in [-0.05, 0) is 24.9 Å². The molecule has 0 aliphatic carbocycles. The molecule has 0 amide bonds. The lowest BCUT2D eigenvalue weighted by Crippen LogP contribution is -2.22. The lowest BCUT2D eigenvalue weighted by atomic mass is 10.0. The van der Waals surface area contributed by atoms with Crippen molar-refractivity contribution in [3.8, 4) is 0 Å². The molecule has 1 N–H and O–H groups in total. The summed E-state index contributed by atoms with van der Waals surface area (Å²) in [5.74, 6) is 0. The van der Waals surface area contributed by atoms with Crippen molar-refractivity contribution in [2.45, 2.75) is 38.6 Å². The zero-order valence-corrected chi connectivity index (χ0v) is 10.3. The second kappa shape index (κ2) is 8.12. The molecule has 0 radical (unpaired) electrons. The molecule has 16 heavy (non-hydrogen) atoms. The molecular formula is C15H23N. The van der Waals surface area contributed by atoms with E-state index in [2.05, 4.69) is 49.2 Å². The Bertz CT molecular complexity index is 279. The first-order valence-electron chi connectivity index (χ1n) is 6.27. The molecule has 0 aliphatic rings. The minimum absolute atomic E-state index is 0.501. The van der Waals surface area contributed by atoms with Crippen molar-refractivity contribution in [3.63, 3.8) is 0 Å². The van der Waals surface area contributed by atoms with Crippen molar-refractivity contribution in [2.75, 3.05) is 6.54 Å². The van der Waals surface area contributed by atoms with E-state index < -0.39 is 0 Å². The second-order valence-electron chi connectivity index (χ2n) is 4.14. The Kier molecular flexibility index (Phi) is 6.59. The first kappa shape index (κ1) is 13.0. The van der Waals surface area contributed by atoms with Crippen LogP contribution >= 0.6 is 0 Å². The van der Waals surface area contributed by atoms with Crippen molar-refractivity contribution < 1.29 is 0 Å². The van der Waals surface area contributed by atoms with Gasteiger partial charge in [-0.1, -0.05) is 56.2 Å². The summed E-state index contributed by atoms with van der Waals surface area (Å²) in [5, 5.41) is 3.60. The minimum Gasteiger partial charge on any atom is -0.310 e. The molecular weight excluding hydrogens is 194 g/mol. The Labute approximate surface area is 99.6 Å². The maximum absolute atomic E-state index is 3.75. The Balaban J connectivity index is 2.52. The normalized spacial score (nSPS) is 12.3. The van der Waals surface area contributed by atoms with Gasteiger partial charge < -0.3 is 5.32 Å². The molecule has 0 aliphatic heterocycles. The summed E-state index contributed by atoms with van der Waals surface area (Å²) in [6.07, 6.45) is 6.76. The van der Waals surface area contributed by atoms with Crippen LogP contribution in [0.25, 0.3) is 0 Å². The average Bonchev–Trinajstić information content (AvgIpc) is 2.35. The third kappa shape index (κ3) is 4.63. The van der Waals surface area contributed by atoms with E-state index in [-0.39, 0.29) is 0 Å². The first-order valence-corrected chi connectivity index (χ1v) is 6.27. The fraction of sp³-hybridized carbons (Fsp3) is 0.467. The average molecular weight is 217 g/mol. The smallest absolute Gasteiger partial charge is 0.0320 e. The van der Waals surface area contributed by atoms with Crippen molar-refractivity contribution in [3.05, 3.63) is 48.6 Å². The Morgan fingerprint density at radius 3 is 2.69 bits per heavy atom. The summed E-state index contributed by atoms with van der Waals surface area (Å²) >= 11 is 0. The van der Waals surface area contributed by atoms with Crippen LogP contribution in [-0.4, -0.2) is 6.54 Å². The monoisotopic (exact) mass is 217 g/mol. The van der Waals surface area contributed by atoms with Gasteiger partial charge in [0, 0.05) is 6.04 Å². The minimum atomic E-state index is 0.501. The van der Waals surface area contributed by atoms with Crippen LogP contribution in [0.1, 0.15) is 44.2 Å². The zero-order chi connectivity index (χ0) is 11.6. The molecule has 0 aromatic heterocycles. The lowest BCUT2D eigenvalue weighted by Gasteiger charge is -2.18. The van der Waals surface area contributed by atoms with Gasteiger partial charge in [0.15, 0.2) is 0 Å². The molecule has 88 valence electrons. The highest BCUT2D eigenvalue weighted by molar-refractivity contribution is 5.18. The second-order valence-corrected chi connectivity index (χ2v) is 4.14. The molecule has 1 atom stereocenters. The molecule has 0 spiro atoms. The predicted octanol–water partition coefficient (Wildman–Crippen LogP) is 4.08. The first-order chi connectivity index (χ1) is 7.88. The van der Waals surface area contributed by atoms with Crippen molar-refractivity contribution in [2.24, 2.45) is 0 Å². The number of hydrogen-bond acceptors (Lipinski definition) is 1. The number of unbranched alkanes of at least 4 members (excludes halogenated alkanes) is 1. The van der Waals surface area contributed by atoms with Gasteiger partial charge in [0.2, 0.25) is 0 Å². The molecule has 1 unspecified atom stereocenters. The van der Waals surface area contributed by atoms with Gasteiger partial charge in [-0.25, -0.2) is 0 Å². The number of nitrogens with one attached hydrogen (secondary N) is 1. The van der Waals surface area contributed by atoms with Crippen LogP contribution in [0.4, 0.5) is 0 Å². The van der Waals surface area contributed by atoms with E-state index in [0.717, 1.165) is 13.0 Å². The summed E-state index contributed by atoms with van der Waals surface area (Å²) < 4.78 is 0. The SMILES string of the molecule is C=CCCNC(CCCC)c1ccccc1. The summed E-state index contributed by atoms with van der Waals surface area (Å²) in [7, 11) is 0. The van der Waals surface area contributed by atoms with Gasteiger partial charge in [0.25, 0.3) is 0 Å². The van der Waals surface area contributed by atoms with Crippen LogP contribution < -0.4 is 5.32 Å². The molecule has 0 bridgehead atoms. The third-order valence-electron chi connectivity index (χ3n) is 2.79.